The maximum Gasteiger partial charge on any atom is 0.311 e. The minimum Gasteiger partial charge on any atom is -0.481 e. The molecule has 0 aromatic carbocycles. The van der Waals surface area contributed by atoms with E-state index in [0.717, 1.165) is 12.8 Å². The van der Waals surface area contributed by atoms with E-state index in [1.807, 2.05) is 0 Å². The maximum absolute atomic E-state index is 11.4. The Morgan fingerprint density at radius 1 is 1.41 bits per heavy atom. The smallest absolute Gasteiger partial charge is 0.311 e. The topological polar surface area (TPSA) is 75.6 Å². The van der Waals surface area contributed by atoms with Crippen LogP contribution in [0.25, 0.3) is 0 Å². The zero-order valence-electron chi connectivity index (χ0n) is 10.5. The fourth-order valence-corrected chi connectivity index (χ4v) is 2.23. The standard InChI is InChI=1S/C12H21NO4/c1-9-3-5-12(6-4-9,11(15)16)8-13-10(14)7-17-2/h9H,3-8H2,1-2H3,(H,13,14)(H,15,16). The van der Waals surface area contributed by atoms with E-state index >= 15 is 0 Å². The van der Waals surface area contributed by atoms with Crippen molar-refractivity contribution in [2.45, 2.75) is 32.6 Å². The number of carbonyl (C=O) groups excluding carboxylic acids is 1. The molecule has 1 rings (SSSR count). The highest BCUT2D eigenvalue weighted by molar-refractivity contribution is 5.79. The van der Waals surface area contributed by atoms with E-state index in [-0.39, 0.29) is 19.1 Å². The van der Waals surface area contributed by atoms with E-state index < -0.39 is 11.4 Å². The highest BCUT2D eigenvalue weighted by Crippen LogP contribution is 2.38. The molecule has 1 saturated carbocycles. The van der Waals surface area contributed by atoms with Crippen LogP contribution < -0.4 is 5.32 Å². The molecular weight excluding hydrogens is 222 g/mol. The molecule has 0 unspecified atom stereocenters. The molecule has 0 aromatic rings. The van der Waals surface area contributed by atoms with Gasteiger partial charge in [-0.1, -0.05) is 6.92 Å². The monoisotopic (exact) mass is 243 g/mol. The fourth-order valence-electron chi connectivity index (χ4n) is 2.23. The number of methoxy groups -OCH3 is 1. The van der Waals surface area contributed by atoms with Crippen molar-refractivity contribution in [1.29, 1.82) is 0 Å². The number of aliphatic carboxylic acids is 1. The lowest BCUT2D eigenvalue weighted by Gasteiger charge is -2.35. The molecule has 1 amide bonds. The Kier molecular flexibility index (Phi) is 4.93. The molecule has 1 aliphatic rings. The summed E-state index contributed by atoms with van der Waals surface area (Å²) in [4.78, 5) is 22.7. The predicted molar refractivity (Wildman–Crippen MR) is 62.6 cm³/mol. The Labute approximate surface area is 102 Å². The zero-order chi connectivity index (χ0) is 12.9. The molecule has 0 aromatic heterocycles. The van der Waals surface area contributed by atoms with Gasteiger partial charge in [0.05, 0.1) is 5.41 Å². The summed E-state index contributed by atoms with van der Waals surface area (Å²) in [6, 6.07) is 0. The summed E-state index contributed by atoms with van der Waals surface area (Å²) < 4.78 is 4.69. The van der Waals surface area contributed by atoms with Crippen molar-refractivity contribution in [2.75, 3.05) is 20.3 Å². The van der Waals surface area contributed by atoms with Crippen molar-refractivity contribution in [2.24, 2.45) is 11.3 Å². The third-order valence-corrected chi connectivity index (χ3v) is 3.58. The number of hydrogen-bond acceptors (Lipinski definition) is 3. The van der Waals surface area contributed by atoms with Gasteiger partial charge in [-0.2, -0.15) is 0 Å². The van der Waals surface area contributed by atoms with Crippen LogP contribution >= 0.6 is 0 Å². The van der Waals surface area contributed by atoms with Gasteiger partial charge in [-0.15, -0.1) is 0 Å². The molecule has 5 nitrogen and oxygen atoms in total. The molecule has 0 saturated heterocycles. The largest absolute Gasteiger partial charge is 0.481 e. The molecule has 0 aliphatic heterocycles. The average Bonchev–Trinajstić information content (AvgIpc) is 2.29. The van der Waals surface area contributed by atoms with Crippen molar-refractivity contribution >= 4 is 11.9 Å². The van der Waals surface area contributed by atoms with Gasteiger partial charge in [0.25, 0.3) is 0 Å². The molecule has 0 bridgehead atoms. The summed E-state index contributed by atoms with van der Waals surface area (Å²) in [7, 11) is 1.44. The van der Waals surface area contributed by atoms with Gasteiger partial charge in [-0.05, 0) is 31.6 Å². The van der Waals surface area contributed by atoms with E-state index in [1.54, 1.807) is 0 Å². The van der Waals surface area contributed by atoms with Gasteiger partial charge in [0, 0.05) is 13.7 Å². The fraction of sp³-hybridized carbons (Fsp3) is 0.833. The average molecular weight is 243 g/mol. The Morgan fingerprint density at radius 3 is 2.47 bits per heavy atom. The molecule has 5 heteroatoms. The van der Waals surface area contributed by atoms with Crippen LogP contribution in [0.2, 0.25) is 0 Å². The SMILES string of the molecule is COCC(=O)NCC1(C(=O)O)CCC(C)CC1. The molecule has 1 fully saturated rings. The van der Waals surface area contributed by atoms with E-state index in [2.05, 4.69) is 12.2 Å². The first kappa shape index (κ1) is 14.0. The Balaban J connectivity index is 2.54. The molecule has 0 heterocycles. The van der Waals surface area contributed by atoms with Crippen molar-refractivity contribution in [3.8, 4) is 0 Å². The number of carboxylic acids is 1. The van der Waals surface area contributed by atoms with Gasteiger partial charge < -0.3 is 15.2 Å². The minimum atomic E-state index is -0.804. The number of nitrogens with one attached hydrogen (secondary N) is 1. The molecule has 1 aliphatic carbocycles. The number of amides is 1. The van der Waals surface area contributed by atoms with Crippen LogP contribution in [-0.4, -0.2) is 37.2 Å². The van der Waals surface area contributed by atoms with Crippen molar-refractivity contribution in [3.63, 3.8) is 0 Å². The van der Waals surface area contributed by atoms with Crippen molar-refractivity contribution in [1.82, 2.24) is 5.32 Å². The summed E-state index contributed by atoms with van der Waals surface area (Å²) >= 11 is 0. The number of rotatable bonds is 5. The lowest BCUT2D eigenvalue weighted by atomic mass is 9.71. The van der Waals surface area contributed by atoms with Crippen LogP contribution in [0, 0.1) is 11.3 Å². The molecular formula is C12H21NO4. The van der Waals surface area contributed by atoms with E-state index in [1.165, 1.54) is 7.11 Å². The van der Waals surface area contributed by atoms with Gasteiger partial charge in [-0.25, -0.2) is 0 Å². The second-order valence-corrected chi connectivity index (χ2v) is 4.98. The van der Waals surface area contributed by atoms with Crippen LogP contribution in [0.5, 0.6) is 0 Å². The van der Waals surface area contributed by atoms with Gasteiger partial charge in [-0.3, -0.25) is 9.59 Å². The van der Waals surface area contributed by atoms with Crippen LogP contribution in [0.1, 0.15) is 32.6 Å². The third kappa shape index (κ3) is 3.70. The van der Waals surface area contributed by atoms with Crippen LogP contribution in [0.3, 0.4) is 0 Å². The second-order valence-electron chi connectivity index (χ2n) is 4.98. The van der Waals surface area contributed by atoms with Gasteiger partial charge in [0.1, 0.15) is 6.61 Å². The van der Waals surface area contributed by atoms with Gasteiger partial charge >= 0.3 is 5.97 Å². The normalized spacial score (nSPS) is 28.7. The second kappa shape index (κ2) is 6.00. The minimum absolute atomic E-state index is 0.0217. The number of hydrogen-bond donors (Lipinski definition) is 2. The van der Waals surface area contributed by atoms with E-state index in [0.29, 0.717) is 18.8 Å². The molecule has 0 spiro atoms. The first-order valence-corrected chi connectivity index (χ1v) is 5.99. The molecule has 0 radical (unpaired) electrons. The number of carboxylic acid groups (broad SMARTS) is 1. The zero-order valence-corrected chi connectivity index (χ0v) is 10.5. The molecule has 17 heavy (non-hydrogen) atoms. The van der Waals surface area contributed by atoms with Crippen molar-refractivity contribution in [3.05, 3.63) is 0 Å². The quantitative estimate of drug-likeness (QED) is 0.756. The highest BCUT2D eigenvalue weighted by atomic mass is 16.5. The highest BCUT2D eigenvalue weighted by Gasteiger charge is 2.41. The third-order valence-electron chi connectivity index (χ3n) is 3.58. The molecule has 0 atom stereocenters. The summed E-state index contributed by atoms with van der Waals surface area (Å²) in [6.45, 7) is 2.32. The summed E-state index contributed by atoms with van der Waals surface area (Å²) in [5.41, 5.74) is -0.782. The maximum atomic E-state index is 11.4. The Bertz CT molecular complexity index is 282. The summed E-state index contributed by atoms with van der Waals surface area (Å²) in [6.07, 6.45) is 3.09. The molecule has 2 N–H and O–H groups in total. The molecule has 98 valence electrons. The summed E-state index contributed by atoms with van der Waals surface area (Å²) in [5, 5.41) is 12.0. The first-order valence-electron chi connectivity index (χ1n) is 5.99. The number of ether oxygens (including phenoxy) is 1. The van der Waals surface area contributed by atoms with Crippen LogP contribution in [-0.2, 0) is 14.3 Å². The van der Waals surface area contributed by atoms with Crippen molar-refractivity contribution < 1.29 is 19.4 Å². The van der Waals surface area contributed by atoms with Crippen LogP contribution in [0.4, 0.5) is 0 Å². The van der Waals surface area contributed by atoms with E-state index in [9.17, 15) is 14.7 Å². The summed E-state index contributed by atoms with van der Waals surface area (Å²) in [5.74, 6) is -0.481. The van der Waals surface area contributed by atoms with Gasteiger partial charge in [0.15, 0.2) is 0 Å². The lowest BCUT2D eigenvalue weighted by molar-refractivity contribution is -0.151. The lowest BCUT2D eigenvalue weighted by Crippen LogP contribution is -2.45. The Morgan fingerprint density at radius 2 is 2.00 bits per heavy atom. The van der Waals surface area contributed by atoms with E-state index in [4.69, 9.17) is 4.74 Å². The predicted octanol–water partition coefficient (Wildman–Crippen LogP) is 1.03. The Hall–Kier alpha value is -1.10. The number of carbonyl (C=O) groups is 2. The van der Waals surface area contributed by atoms with Crippen LogP contribution in [0.15, 0.2) is 0 Å². The van der Waals surface area contributed by atoms with Gasteiger partial charge in [0.2, 0.25) is 5.91 Å². The first-order chi connectivity index (χ1) is 8.00.